The third-order valence-electron chi connectivity index (χ3n) is 1.90. The molecule has 2 N–H and O–H groups in total. The lowest BCUT2D eigenvalue weighted by molar-refractivity contribution is 0.174. The van der Waals surface area contributed by atoms with Crippen molar-refractivity contribution in [1.29, 1.82) is 0 Å². The molecule has 0 unspecified atom stereocenters. The molecule has 0 atom stereocenters. The summed E-state index contributed by atoms with van der Waals surface area (Å²) >= 11 is 1.59. The van der Waals surface area contributed by atoms with E-state index in [9.17, 15) is 0 Å². The van der Waals surface area contributed by atoms with Gasteiger partial charge in [-0.3, -0.25) is 4.90 Å². The van der Waals surface area contributed by atoms with Crippen molar-refractivity contribution in [3.8, 4) is 0 Å². The Bertz CT molecular complexity index is 242. The average Bonchev–Trinajstić information content (AvgIpc) is 2.27. The maximum absolute atomic E-state index is 5.50. The second-order valence-electron chi connectivity index (χ2n) is 2.79. The summed E-state index contributed by atoms with van der Waals surface area (Å²) in [5.74, 6) is 0. The molecule has 0 radical (unpaired) electrons. The van der Waals surface area contributed by atoms with Crippen LogP contribution in [0, 0.1) is 0 Å². The van der Waals surface area contributed by atoms with Gasteiger partial charge >= 0.3 is 0 Å². The zero-order valence-corrected chi connectivity index (χ0v) is 7.10. The third-order valence-corrected chi connectivity index (χ3v) is 2.71. The van der Waals surface area contributed by atoms with Gasteiger partial charge in [-0.25, -0.2) is 4.98 Å². The van der Waals surface area contributed by atoms with Gasteiger partial charge in [-0.15, -0.1) is 11.3 Å². The van der Waals surface area contributed by atoms with Crippen molar-refractivity contribution in [2.45, 2.75) is 13.0 Å². The minimum absolute atomic E-state index is 0.681. The number of nitrogen functional groups attached to an aromatic ring is 1. The number of nitrogens with zero attached hydrogens (tertiary/aromatic N) is 2. The van der Waals surface area contributed by atoms with E-state index in [1.54, 1.807) is 11.3 Å². The van der Waals surface area contributed by atoms with Crippen LogP contribution in [0.15, 0.2) is 6.20 Å². The zero-order chi connectivity index (χ0) is 7.68. The molecule has 1 aromatic heterocycles. The monoisotopic (exact) mass is 169 g/mol. The van der Waals surface area contributed by atoms with E-state index >= 15 is 0 Å². The Hall–Kier alpha value is -0.610. The summed E-state index contributed by atoms with van der Waals surface area (Å²) in [6, 6.07) is 0. The molecular formula is C7H11N3S. The maximum atomic E-state index is 5.50. The third kappa shape index (κ3) is 1.52. The minimum Gasteiger partial charge on any atom is -0.375 e. The predicted octanol–water partition coefficient (Wildman–Crippen LogP) is 0.931. The van der Waals surface area contributed by atoms with Crippen LogP contribution in [0.25, 0.3) is 0 Å². The van der Waals surface area contributed by atoms with Gasteiger partial charge in [0.2, 0.25) is 0 Å². The van der Waals surface area contributed by atoms with E-state index in [-0.39, 0.29) is 0 Å². The van der Waals surface area contributed by atoms with Crippen LogP contribution in [0.5, 0.6) is 0 Å². The molecule has 2 heterocycles. The Morgan fingerprint density at radius 2 is 2.45 bits per heavy atom. The Morgan fingerprint density at radius 1 is 1.64 bits per heavy atom. The Morgan fingerprint density at radius 3 is 2.91 bits per heavy atom. The van der Waals surface area contributed by atoms with Gasteiger partial charge < -0.3 is 5.73 Å². The summed E-state index contributed by atoms with van der Waals surface area (Å²) in [6.07, 6.45) is 3.21. The lowest BCUT2D eigenvalue weighted by Gasteiger charge is -2.29. The second kappa shape index (κ2) is 2.79. The van der Waals surface area contributed by atoms with Crippen LogP contribution in [-0.2, 0) is 6.54 Å². The number of thiazole rings is 1. The summed E-state index contributed by atoms with van der Waals surface area (Å²) < 4.78 is 0. The van der Waals surface area contributed by atoms with Gasteiger partial charge in [0.25, 0.3) is 0 Å². The first-order valence-electron chi connectivity index (χ1n) is 3.77. The molecule has 0 aliphatic carbocycles. The molecule has 0 spiro atoms. The average molecular weight is 169 g/mol. The number of nitrogens with two attached hydrogens (primary N) is 1. The second-order valence-corrected chi connectivity index (χ2v) is 3.94. The number of aromatic nitrogens is 1. The van der Waals surface area contributed by atoms with Gasteiger partial charge in [0.05, 0.1) is 0 Å². The lowest BCUT2D eigenvalue weighted by Crippen LogP contribution is -2.35. The summed E-state index contributed by atoms with van der Waals surface area (Å²) in [4.78, 5) is 7.67. The normalized spacial score (nSPS) is 18.2. The van der Waals surface area contributed by atoms with Crippen molar-refractivity contribution in [3.05, 3.63) is 11.1 Å². The first-order chi connectivity index (χ1) is 5.34. The minimum atomic E-state index is 0.681. The van der Waals surface area contributed by atoms with Crippen LogP contribution < -0.4 is 5.73 Å². The summed E-state index contributed by atoms with van der Waals surface area (Å²) in [6.45, 7) is 3.50. The number of anilines is 1. The van der Waals surface area contributed by atoms with Crippen LogP contribution in [0.4, 0.5) is 5.13 Å². The Balaban J connectivity index is 1.95. The fourth-order valence-electron chi connectivity index (χ4n) is 1.16. The van der Waals surface area contributed by atoms with Crippen LogP contribution >= 0.6 is 11.3 Å². The molecule has 1 saturated heterocycles. The van der Waals surface area contributed by atoms with Crippen LogP contribution in [0.1, 0.15) is 11.3 Å². The van der Waals surface area contributed by atoms with Gasteiger partial charge in [-0.2, -0.15) is 0 Å². The Kier molecular flexibility index (Phi) is 1.79. The van der Waals surface area contributed by atoms with Gasteiger partial charge in [-0.05, 0) is 19.5 Å². The van der Waals surface area contributed by atoms with Gasteiger partial charge in [0.15, 0.2) is 5.13 Å². The fraction of sp³-hybridized carbons (Fsp3) is 0.571. The van der Waals surface area contributed by atoms with E-state index in [1.165, 1.54) is 24.4 Å². The largest absolute Gasteiger partial charge is 0.375 e. The highest BCUT2D eigenvalue weighted by Crippen LogP contribution is 2.18. The SMILES string of the molecule is Nc1ncc(CN2CCC2)s1. The molecule has 4 heteroatoms. The van der Waals surface area contributed by atoms with Gasteiger partial charge in [-0.1, -0.05) is 0 Å². The van der Waals surface area contributed by atoms with E-state index in [0.29, 0.717) is 5.13 Å². The molecule has 0 bridgehead atoms. The maximum Gasteiger partial charge on any atom is 0.180 e. The van der Waals surface area contributed by atoms with Crippen LogP contribution in [0.3, 0.4) is 0 Å². The molecule has 0 aromatic carbocycles. The van der Waals surface area contributed by atoms with E-state index in [1.807, 2.05) is 6.20 Å². The van der Waals surface area contributed by atoms with Crippen molar-refractivity contribution >= 4 is 16.5 Å². The highest BCUT2D eigenvalue weighted by atomic mass is 32.1. The van der Waals surface area contributed by atoms with Crippen molar-refractivity contribution in [1.82, 2.24) is 9.88 Å². The molecule has 11 heavy (non-hydrogen) atoms. The summed E-state index contributed by atoms with van der Waals surface area (Å²) in [5.41, 5.74) is 5.50. The standard InChI is InChI=1S/C7H11N3S/c8-7-9-4-6(11-7)5-10-2-1-3-10/h4H,1-3,5H2,(H2,8,9). The van der Waals surface area contributed by atoms with Gasteiger partial charge in [0.1, 0.15) is 0 Å². The molecule has 0 amide bonds. The molecular weight excluding hydrogens is 158 g/mol. The van der Waals surface area contributed by atoms with E-state index in [0.717, 1.165) is 6.54 Å². The van der Waals surface area contributed by atoms with Gasteiger partial charge in [0, 0.05) is 17.6 Å². The molecule has 1 fully saturated rings. The van der Waals surface area contributed by atoms with Crippen molar-refractivity contribution in [2.75, 3.05) is 18.8 Å². The number of likely N-dealkylation sites (tertiary alicyclic amines) is 1. The van der Waals surface area contributed by atoms with Crippen molar-refractivity contribution < 1.29 is 0 Å². The highest BCUT2D eigenvalue weighted by molar-refractivity contribution is 7.15. The van der Waals surface area contributed by atoms with Crippen LogP contribution in [-0.4, -0.2) is 23.0 Å². The van der Waals surface area contributed by atoms with E-state index < -0.39 is 0 Å². The predicted molar refractivity (Wildman–Crippen MR) is 46.4 cm³/mol. The fourth-order valence-corrected chi connectivity index (χ4v) is 1.88. The van der Waals surface area contributed by atoms with E-state index in [4.69, 9.17) is 5.73 Å². The highest BCUT2D eigenvalue weighted by Gasteiger charge is 2.14. The molecule has 1 aliphatic heterocycles. The summed E-state index contributed by atoms with van der Waals surface area (Å²) in [7, 11) is 0. The first-order valence-corrected chi connectivity index (χ1v) is 4.59. The number of rotatable bonds is 2. The van der Waals surface area contributed by atoms with Crippen molar-refractivity contribution in [3.63, 3.8) is 0 Å². The van der Waals surface area contributed by atoms with Crippen LogP contribution in [0.2, 0.25) is 0 Å². The number of hydrogen-bond donors (Lipinski definition) is 1. The molecule has 3 nitrogen and oxygen atoms in total. The van der Waals surface area contributed by atoms with E-state index in [2.05, 4.69) is 9.88 Å². The molecule has 2 rings (SSSR count). The quantitative estimate of drug-likeness (QED) is 0.716. The topological polar surface area (TPSA) is 42.1 Å². The first kappa shape index (κ1) is 7.06. The smallest absolute Gasteiger partial charge is 0.180 e. The molecule has 60 valence electrons. The molecule has 0 saturated carbocycles. The lowest BCUT2D eigenvalue weighted by atomic mass is 10.2. The summed E-state index contributed by atoms with van der Waals surface area (Å²) in [5, 5.41) is 0.681. The molecule has 1 aliphatic rings. The zero-order valence-electron chi connectivity index (χ0n) is 6.29. The Labute approximate surface area is 69.8 Å². The number of hydrogen-bond acceptors (Lipinski definition) is 4. The van der Waals surface area contributed by atoms with Crippen molar-refractivity contribution in [2.24, 2.45) is 0 Å². The molecule has 1 aromatic rings.